The van der Waals surface area contributed by atoms with Gasteiger partial charge in [0.05, 0.1) is 6.54 Å². The molecule has 5 rings (SSSR count). The number of hydrogen-bond donors (Lipinski definition) is 3. The van der Waals surface area contributed by atoms with Crippen molar-refractivity contribution in [1.82, 2.24) is 16.0 Å². The molecule has 0 radical (unpaired) electrons. The van der Waals surface area contributed by atoms with Crippen molar-refractivity contribution >= 4 is 5.78 Å². The average molecular weight is 424 g/mol. The van der Waals surface area contributed by atoms with Crippen LogP contribution < -0.4 is 11.0 Å². The zero-order chi connectivity index (χ0) is 21.1. The molecule has 4 saturated carbocycles. The first-order chi connectivity index (χ1) is 14.3. The lowest BCUT2D eigenvalue weighted by atomic mass is 9.49. The second-order valence-corrected chi connectivity index (χ2v) is 10.9. The van der Waals surface area contributed by atoms with Gasteiger partial charge >= 0.3 is 0 Å². The number of halogens is 2. The van der Waals surface area contributed by atoms with Crippen LogP contribution in [0, 0.1) is 40.9 Å². The quantitative estimate of drug-likeness (QED) is 0.645. The zero-order valence-corrected chi connectivity index (χ0v) is 17.8. The Morgan fingerprint density at radius 3 is 2.67 bits per heavy atom. The molecule has 168 valence electrons. The fraction of sp³-hybridized carbons (Fsp3) is 0.870. The predicted molar refractivity (Wildman–Crippen MR) is 109 cm³/mol. The Balaban J connectivity index is 1.28. The van der Waals surface area contributed by atoms with Crippen LogP contribution >= 0.6 is 0 Å². The van der Waals surface area contributed by atoms with Crippen molar-refractivity contribution in [3.8, 4) is 0 Å². The lowest BCUT2D eigenvalue weighted by Gasteiger charge is -2.57. The fourth-order valence-electron chi connectivity index (χ4n) is 8.29. The van der Waals surface area contributed by atoms with Crippen LogP contribution in [0.4, 0.5) is 8.78 Å². The summed E-state index contributed by atoms with van der Waals surface area (Å²) in [6.45, 7) is 2.74. The summed E-state index contributed by atoms with van der Waals surface area (Å²) in [7, 11) is 0. The Labute approximate surface area is 177 Å². The Hall–Kier alpha value is -1.21. The minimum Gasteiger partial charge on any atom is -0.384 e. The second-order valence-electron chi connectivity index (χ2n) is 10.9. The molecule has 0 spiro atoms. The molecular formula is C23H35F2N3O2. The van der Waals surface area contributed by atoms with Crippen LogP contribution in [0.25, 0.3) is 0 Å². The minimum absolute atomic E-state index is 0.0698. The fourth-order valence-corrected chi connectivity index (χ4v) is 8.29. The third-order valence-electron chi connectivity index (χ3n) is 9.71. The number of nitrogens with zero attached hydrogens (tertiary/aromatic N) is 1. The first kappa shape index (κ1) is 20.7. The molecule has 4 aliphatic carbocycles. The summed E-state index contributed by atoms with van der Waals surface area (Å²) >= 11 is 0. The van der Waals surface area contributed by atoms with Gasteiger partial charge in [0, 0.05) is 18.3 Å². The second kappa shape index (κ2) is 7.44. The van der Waals surface area contributed by atoms with Crippen LogP contribution in [0.15, 0.2) is 12.4 Å². The first-order valence-corrected chi connectivity index (χ1v) is 11.8. The minimum atomic E-state index is -2.64. The highest BCUT2D eigenvalue weighted by Crippen LogP contribution is 2.64. The molecule has 5 aliphatic rings. The van der Waals surface area contributed by atoms with Crippen molar-refractivity contribution < 1.29 is 18.7 Å². The molecule has 0 aromatic carbocycles. The van der Waals surface area contributed by atoms with E-state index >= 15 is 0 Å². The van der Waals surface area contributed by atoms with Gasteiger partial charge in [0.2, 0.25) is 0 Å². The summed E-state index contributed by atoms with van der Waals surface area (Å²) in [5, 5.41) is 12.2. The molecule has 5 nitrogen and oxygen atoms in total. The highest BCUT2D eigenvalue weighted by atomic mass is 19.3. The van der Waals surface area contributed by atoms with Crippen LogP contribution in [0.1, 0.15) is 64.7 Å². The number of hydrazine groups is 2. The Morgan fingerprint density at radius 1 is 1.13 bits per heavy atom. The maximum Gasteiger partial charge on any atom is 0.266 e. The van der Waals surface area contributed by atoms with E-state index in [1.165, 1.54) is 0 Å². The molecule has 0 amide bonds. The lowest BCUT2D eigenvalue weighted by molar-refractivity contribution is -0.160. The standard InChI is InChI=1S/C23H35F2N3O2/c1-22-8-6-16-15-7-9-23(30,21(24)25)12-14(15)2-3-17(16)18(22)4-5-19(22)20(29)13-28-11-10-26-27-28/h10-11,14-19,21,26-27,30H,2-9,12-13H2,1H3/t14-,15-,16?,17?,18?,19+,22-,23+/m0/s1. The molecule has 3 unspecified atom stereocenters. The molecule has 0 saturated heterocycles. The number of fused-ring (bicyclic) bond motifs is 5. The summed E-state index contributed by atoms with van der Waals surface area (Å²) in [5.41, 5.74) is 4.15. The van der Waals surface area contributed by atoms with E-state index in [1.807, 2.05) is 11.2 Å². The number of nitrogens with one attached hydrogen (secondary N) is 2. The van der Waals surface area contributed by atoms with E-state index in [1.54, 1.807) is 6.20 Å². The van der Waals surface area contributed by atoms with Gasteiger partial charge in [0.25, 0.3) is 6.43 Å². The molecule has 8 atom stereocenters. The van der Waals surface area contributed by atoms with Gasteiger partial charge in [-0.25, -0.2) is 8.78 Å². The van der Waals surface area contributed by atoms with Crippen molar-refractivity contribution in [3.05, 3.63) is 12.4 Å². The van der Waals surface area contributed by atoms with Crippen LogP contribution in [0.3, 0.4) is 0 Å². The summed E-state index contributed by atoms with van der Waals surface area (Å²) < 4.78 is 26.8. The van der Waals surface area contributed by atoms with Gasteiger partial charge in [-0.2, -0.15) is 0 Å². The van der Waals surface area contributed by atoms with E-state index < -0.39 is 12.0 Å². The first-order valence-electron chi connectivity index (χ1n) is 11.8. The number of ketones is 1. The molecule has 4 fully saturated rings. The van der Waals surface area contributed by atoms with Crippen LogP contribution in [-0.4, -0.2) is 34.5 Å². The van der Waals surface area contributed by atoms with Crippen LogP contribution in [0.5, 0.6) is 0 Å². The van der Waals surface area contributed by atoms with E-state index in [4.69, 9.17) is 0 Å². The third kappa shape index (κ3) is 3.19. The Kier molecular flexibility index (Phi) is 5.13. The van der Waals surface area contributed by atoms with E-state index in [0.717, 1.165) is 44.9 Å². The van der Waals surface area contributed by atoms with E-state index in [-0.39, 0.29) is 30.1 Å². The number of rotatable bonds is 4. The van der Waals surface area contributed by atoms with Gasteiger partial charge in [-0.15, -0.1) is 5.53 Å². The van der Waals surface area contributed by atoms with Crippen molar-refractivity contribution in [3.63, 3.8) is 0 Å². The van der Waals surface area contributed by atoms with Crippen molar-refractivity contribution in [1.29, 1.82) is 0 Å². The number of carbonyl (C=O) groups excluding carboxylic acids is 1. The topological polar surface area (TPSA) is 64.6 Å². The highest BCUT2D eigenvalue weighted by Gasteiger charge is 2.59. The van der Waals surface area contributed by atoms with E-state index in [2.05, 4.69) is 17.9 Å². The van der Waals surface area contributed by atoms with Gasteiger partial charge < -0.3 is 10.5 Å². The highest BCUT2D eigenvalue weighted by molar-refractivity contribution is 5.84. The number of alkyl halides is 2. The van der Waals surface area contributed by atoms with Gasteiger partial charge in [0.15, 0.2) is 5.78 Å². The monoisotopic (exact) mass is 423 g/mol. The molecule has 0 bridgehead atoms. The largest absolute Gasteiger partial charge is 0.384 e. The van der Waals surface area contributed by atoms with Crippen molar-refractivity contribution in [2.45, 2.75) is 76.7 Å². The molecule has 30 heavy (non-hydrogen) atoms. The number of hydrogen-bond acceptors (Lipinski definition) is 5. The van der Waals surface area contributed by atoms with E-state index in [9.17, 15) is 18.7 Å². The average Bonchev–Trinajstić information content (AvgIpc) is 3.34. The van der Waals surface area contributed by atoms with E-state index in [0.29, 0.717) is 36.0 Å². The van der Waals surface area contributed by atoms with Gasteiger partial charge in [-0.05, 0) is 92.8 Å². The molecule has 3 N–H and O–H groups in total. The molecular weight excluding hydrogens is 388 g/mol. The summed E-state index contributed by atoms with van der Waals surface area (Å²) in [5.74, 6) is 2.94. The molecule has 1 aliphatic heterocycles. The molecule has 1 heterocycles. The maximum absolute atomic E-state index is 13.4. The zero-order valence-electron chi connectivity index (χ0n) is 17.8. The predicted octanol–water partition coefficient (Wildman–Crippen LogP) is 3.62. The van der Waals surface area contributed by atoms with Crippen molar-refractivity contribution in [2.24, 2.45) is 40.9 Å². The smallest absolute Gasteiger partial charge is 0.266 e. The number of aliphatic hydroxyl groups is 1. The van der Waals surface area contributed by atoms with Crippen molar-refractivity contribution in [2.75, 3.05) is 6.54 Å². The van der Waals surface area contributed by atoms with Gasteiger partial charge in [0.1, 0.15) is 5.60 Å². The van der Waals surface area contributed by atoms with Crippen LogP contribution in [-0.2, 0) is 4.79 Å². The summed E-state index contributed by atoms with van der Waals surface area (Å²) in [6.07, 6.45) is 8.56. The normalized spacial score (nSPS) is 47.6. The SMILES string of the molecule is C[C@]12CCC3C(CC[C@H]4C[C@@](O)(C(F)F)CC[C@H]34)C1CC[C@@H]2C(=O)CN1C=CNN1. The Morgan fingerprint density at radius 2 is 1.93 bits per heavy atom. The Bertz CT molecular complexity index is 719. The summed E-state index contributed by atoms with van der Waals surface area (Å²) in [4.78, 5) is 13.1. The molecule has 7 heteroatoms. The number of carbonyl (C=O) groups is 1. The lowest BCUT2D eigenvalue weighted by Crippen LogP contribution is -2.53. The maximum atomic E-state index is 13.4. The number of Topliss-reactive ketones (excluding diaryl/α,β-unsaturated/α-hetero) is 1. The summed E-state index contributed by atoms with van der Waals surface area (Å²) in [6, 6.07) is 0. The van der Waals surface area contributed by atoms with Gasteiger partial charge in [-0.1, -0.05) is 6.92 Å². The molecule has 0 aromatic rings. The van der Waals surface area contributed by atoms with Gasteiger partial charge in [-0.3, -0.25) is 9.80 Å². The third-order valence-corrected chi connectivity index (χ3v) is 9.71. The van der Waals surface area contributed by atoms with Crippen LogP contribution in [0.2, 0.25) is 0 Å². The molecule has 0 aromatic heterocycles.